The number of allylic oxidation sites excluding steroid dienone is 2. The van der Waals surface area contributed by atoms with Crippen molar-refractivity contribution in [2.75, 3.05) is 0 Å². The summed E-state index contributed by atoms with van der Waals surface area (Å²) >= 11 is 0. The molecule has 0 spiro atoms. The van der Waals surface area contributed by atoms with Crippen molar-refractivity contribution >= 4 is 17.5 Å². The maximum Gasteiger partial charge on any atom is 0.379 e. The van der Waals surface area contributed by atoms with Crippen LogP contribution in [0.4, 0.5) is 0 Å². The number of ether oxygens (including phenoxy) is 1. The fraction of sp³-hybridized carbons (Fsp3) is 0.450. The number of rotatable bonds is 9. The van der Waals surface area contributed by atoms with Crippen LogP contribution in [0.15, 0.2) is 35.9 Å². The Bertz CT molecular complexity index is 607. The quantitative estimate of drug-likeness (QED) is 0.219. The van der Waals surface area contributed by atoms with Gasteiger partial charge in [-0.05, 0) is 70.2 Å². The molecule has 24 heavy (non-hydrogen) atoms. The zero-order valence-corrected chi connectivity index (χ0v) is 14.9. The maximum atomic E-state index is 11.9. The first-order valence-electron chi connectivity index (χ1n) is 8.29. The standard InChI is InChI=1S/C20H26O4/c1-14(2)6-5-7-15(3)8-13-19(22)20(23)24-18-11-9-17(10-12-18)16(4)21/h6,9-12,15H,5,7-8,13H2,1-4H3. The summed E-state index contributed by atoms with van der Waals surface area (Å²) in [6.07, 6.45) is 5.04. The Morgan fingerprint density at radius 2 is 1.67 bits per heavy atom. The van der Waals surface area contributed by atoms with Crippen LogP contribution in [0.25, 0.3) is 0 Å². The van der Waals surface area contributed by atoms with Crippen molar-refractivity contribution in [2.45, 2.75) is 53.4 Å². The Kier molecular flexibility index (Phi) is 8.10. The van der Waals surface area contributed by atoms with E-state index in [9.17, 15) is 14.4 Å². The van der Waals surface area contributed by atoms with Crippen LogP contribution in [-0.2, 0) is 9.59 Å². The van der Waals surface area contributed by atoms with Gasteiger partial charge in [-0.15, -0.1) is 0 Å². The number of hydrogen-bond acceptors (Lipinski definition) is 4. The molecule has 0 aromatic heterocycles. The van der Waals surface area contributed by atoms with E-state index in [-0.39, 0.29) is 18.0 Å². The molecule has 0 aliphatic heterocycles. The van der Waals surface area contributed by atoms with Crippen molar-refractivity contribution < 1.29 is 19.1 Å². The summed E-state index contributed by atoms with van der Waals surface area (Å²) in [6, 6.07) is 6.18. The number of carbonyl (C=O) groups is 3. The molecule has 0 N–H and O–H groups in total. The van der Waals surface area contributed by atoms with Gasteiger partial charge < -0.3 is 4.74 Å². The summed E-state index contributed by atoms with van der Waals surface area (Å²) in [5.74, 6) is -0.769. The van der Waals surface area contributed by atoms with Crippen LogP contribution in [-0.4, -0.2) is 17.5 Å². The second-order valence-electron chi connectivity index (χ2n) is 6.40. The molecule has 1 rings (SSSR count). The van der Waals surface area contributed by atoms with Gasteiger partial charge in [-0.3, -0.25) is 9.59 Å². The molecule has 1 aromatic rings. The molecule has 0 amide bonds. The Labute approximate surface area is 143 Å². The minimum atomic E-state index is -0.845. The summed E-state index contributed by atoms with van der Waals surface area (Å²) in [7, 11) is 0. The Morgan fingerprint density at radius 1 is 1.04 bits per heavy atom. The van der Waals surface area contributed by atoms with Crippen LogP contribution in [0.3, 0.4) is 0 Å². The number of esters is 1. The first kappa shape index (κ1) is 19.8. The highest BCUT2D eigenvalue weighted by atomic mass is 16.5. The number of benzene rings is 1. The minimum absolute atomic E-state index is 0.0638. The van der Waals surface area contributed by atoms with Crippen molar-refractivity contribution in [1.29, 1.82) is 0 Å². The average molecular weight is 330 g/mol. The van der Waals surface area contributed by atoms with Gasteiger partial charge >= 0.3 is 5.97 Å². The Hall–Kier alpha value is -2.23. The third-order valence-electron chi connectivity index (χ3n) is 3.78. The maximum absolute atomic E-state index is 11.9. The fourth-order valence-electron chi connectivity index (χ4n) is 2.20. The minimum Gasteiger partial charge on any atom is -0.421 e. The van der Waals surface area contributed by atoms with E-state index in [1.54, 1.807) is 12.1 Å². The lowest BCUT2D eigenvalue weighted by atomic mass is 9.98. The summed E-state index contributed by atoms with van der Waals surface area (Å²) in [4.78, 5) is 34.9. The van der Waals surface area contributed by atoms with E-state index in [4.69, 9.17) is 4.74 Å². The molecule has 130 valence electrons. The van der Waals surface area contributed by atoms with E-state index in [1.165, 1.54) is 24.6 Å². The average Bonchev–Trinajstić information content (AvgIpc) is 2.52. The Balaban J connectivity index is 2.40. The summed E-state index contributed by atoms with van der Waals surface area (Å²) < 4.78 is 5.05. The summed E-state index contributed by atoms with van der Waals surface area (Å²) in [5.41, 5.74) is 1.82. The molecule has 4 nitrogen and oxygen atoms in total. The SMILES string of the molecule is CC(=O)c1ccc(OC(=O)C(=O)CCC(C)CCC=C(C)C)cc1. The van der Waals surface area contributed by atoms with Gasteiger partial charge in [-0.2, -0.15) is 0 Å². The normalized spacial score (nSPS) is 11.5. The number of carbonyl (C=O) groups excluding carboxylic acids is 3. The first-order valence-corrected chi connectivity index (χ1v) is 8.29. The van der Waals surface area contributed by atoms with Gasteiger partial charge in [-0.1, -0.05) is 18.6 Å². The topological polar surface area (TPSA) is 60.4 Å². The Morgan fingerprint density at radius 3 is 2.21 bits per heavy atom. The monoisotopic (exact) mass is 330 g/mol. The highest BCUT2D eigenvalue weighted by Gasteiger charge is 2.17. The summed E-state index contributed by atoms with van der Waals surface area (Å²) in [6.45, 7) is 7.67. The van der Waals surface area contributed by atoms with Crippen LogP contribution in [0.1, 0.15) is 63.7 Å². The highest BCUT2D eigenvalue weighted by Crippen LogP contribution is 2.16. The van der Waals surface area contributed by atoms with Gasteiger partial charge in [0, 0.05) is 12.0 Å². The first-order chi connectivity index (χ1) is 11.3. The largest absolute Gasteiger partial charge is 0.421 e. The molecular weight excluding hydrogens is 304 g/mol. The van der Waals surface area contributed by atoms with Crippen molar-refractivity contribution in [1.82, 2.24) is 0 Å². The van der Waals surface area contributed by atoms with E-state index in [1.807, 2.05) is 0 Å². The van der Waals surface area contributed by atoms with Crippen LogP contribution >= 0.6 is 0 Å². The van der Waals surface area contributed by atoms with Gasteiger partial charge in [0.15, 0.2) is 5.78 Å². The number of ketones is 2. The van der Waals surface area contributed by atoms with Gasteiger partial charge in [0.05, 0.1) is 0 Å². The lowest BCUT2D eigenvalue weighted by Gasteiger charge is -2.09. The number of hydrogen-bond donors (Lipinski definition) is 0. The van der Waals surface area contributed by atoms with E-state index in [0.717, 1.165) is 12.8 Å². The van der Waals surface area contributed by atoms with E-state index in [2.05, 4.69) is 26.8 Å². The molecule has 0 fully saturated rings. The highest BCUT2D eigenvalue weighted by molar-refractivity contribution is 6.34. The molecule has 1 atom stereocenters. The smallest absolute Gasteiger partial charge is 0.379 e. The molecule has 4 heteroatoms. The molecule has 0 heterocycles. The zero-order chi connectivity index (χ0) is 18.1. The molecule has 0 aliphatic rings. The van der Waals surface area contributed by atoms with Crippen LogP contribution in [0.5, 0.6) is 5.75 Å². The van der Waals surface area contributed by atoms with Crippen LogP contribution in [0.2, 0.25) is 0 Å². The van der Waals surface area contributed by atoms with Gasteiger partial charge in [0.1, 0.15) is 5.75 Å². The van der Waals surface area contributed by atoms with Gasteiger partial charge in [0.25, 0.3) is 0 Å². The molecule has 1 unspecified atom stereocenters. The number of Topliss-reactive ketones (excluding diaryl/α,β-unsaturated/α-hetero) is 2. The van der Waals surface area contributed by atoms with Crippen molar-refractivity contribution in [3.05, 3.63) is 41.5 Å². The van der Waals surface area contributed by atoms with Crippen LogP contribution in [0, 0.1) is 5.92 Å². The van der Waals surface area contributed by atoms with Crippen molar-refractivity contribution in [3.63, 3.8) is 0 Å². The lowest BCUT2D eigenvalue weighted by Crippen LogP contribution is -2.20. The summed E-state index contributed by atoms with van der Waals surface area (Å²) in [5, 5.41) is 0. The van der Waals surface area contributed by atoms with Crippen LogP contribution < -0.4 is 4.74 Å². The van der Waals surface area contributed by atoms with Crippen molar-refractivity contribution in [2.24, 2.45) is 5.92 Å². The molecule has 0 saturated carbocycles. The molecule has 1 aromatic carbocycles. The molecule has 0 bridgehead atoms. The lowest BCUT2D eigenvalue weighted by molar-refractivity contribution is -0.147. The fourth-order valence-corrected chi connectivity index (χ4v) is 2.20. The zero-order valence-electron chi connectivity index (χ0n) is 14.9. The van der Waals surface area contributed by atoms with E-state index in [0.29, 0.717) is 17.9 Å². The predicted octanol–water partition coefficient (Wildman–Crippen LogP) is 4.53. The molecule has 0 radical (unpaired) electrons. The second-order valence-corrected chi connectivity index (χ2v) is 6.40. The molecular formula is C20H26O4. The molecule has 0 saturated heterocycles. The third-order valence-corrected chi connectivity index (χ3v) is 3.78. The van der Waals surface area contributed by atoms with Gasteiger partial charge in [-0.25, -0.2) is 4.79 Å². The van der Waals surface area contributed by atoms with E-state index < -0.39 is 11.8 Å². The second kappa shape index (κ2) is 9.81. The third kappa shape index (κ3) is 7.36. The predicted molar refractivity (Wildman–Crippen MR) is 94.2 cm³/mol. The molecule has 0 aliphatic carbocycles. The van der Waals surface area contributed by atoms with Crippen molar-refractivity contribution in [3.8, 4) is 5.75 Å². The van der Waals surface area contributed by atoms with E-state index >= 15 is 0 Å². The van der Waals surface area contributed by atoms with Gasteiger partial charge in [0.2, 0.25) is 5.78 Å².